The van der Waals surface area contributed by atoms with Crippen molar-refractivity contribution >= 4 is 17.7 Å². The number of amides is 3. The molecular weight excluding hydrogens is 454 g/mol. The molecule has 7 nitrogen and oxygen atoms in total. The molecule has 1 fully saturated rings. The minimum Gasteiger partial charge on any atom is -0.349 e. The van der Waals surface area contributed by atoms with Gasteiger partial charge in [-0.05, 0) is 34.7 Å². The van der Waals surface area contributed by atoms with Crippen LogP contribution in [-0.4, -0.2) is 33.6 Å². The van der Waals surface area contributed by atoms with E-state index in [9.17, 15) is 14.4 Å². The number of carbonyl (C=O) groups excluding carboxylic acids is 3. The number of nitrogens with zero attached hydrogens (tertiary/aromatic N) is 2. The van der Waals surface area contributed by atoms with Crippen LogP contribution in [0.25, 0.3) is 0 Å². The lowest BCUT2D eigenvalue weighted by molar-refractivity contribution is -0.142. The van der Waals surface area contributed by atoms with Crippen molar-refractivity contribution in [3.05, 3.63) is 106 Å². The number of ether oxygens (including phenoxy) is 1. The predicted octanol–water partition coefficient (Wildman–Crippen LogP) is 3.68. The molecule has 2 atom stereocenters. The Hall–Kier alpha value is -3.81. The van der Waals surface area contributed by atoms with Crippen molar-refractivity contribution < 1.29 is 19.1 Å². The average molecular weight is 482 g/mol. The quantitative estimate of drug-likeness (QED) is 0.544. The fourth-order valence-electron chi connectivity index (χ4n) is 5.41. The molecule has 3 aliphatic heterocycles. The molecule has 3 heterocycles. The zero-order valence-corrected chi connectivity index (χ0v) is 19.9. The Morgan fingerprint density at radius 1 is 0.833 bits per heavy atom. The first-order chi connectivity index (χ1) is 17.6. The molecule has 0 bridgehead atoms. The summed E-state index contributed by atoms with van der Waals surface area (Å²) in [6.07, 6.45) is -0.188. The lowest BCUT2D eigenvalue weighted by Gasteiger charge is -2.34. The Balaban J connectivity index is 1.14. The van der Waals surface area contributed by atoms with E-state index in [4.69, 9.17) is 4.74 Å². The van der Waals surface area contributed by atoms with Gasteiger partial charge in [0.1, 0.15) is 6.04 Å². The number of fused-ring (bicyclic) bond motifs is 2. The van der Waals surface area contributed by atoms with E-state index in [-0.39, 0.29) is 18.2 Å². The number of rotatable bonds is 6. The summed E-state index contributed by atoms with van der Waals surface area (Å²) in [5, 5.41) is 2.36. The van der Waals surface area contributed by atoms with Crippen LogP contribution in [-0.2, 0) is 40.6 Å². The van der Waals surface area contributed by atoms with E-state index in [0.717, 1.165) is 30.8 Å². The van der Waals surface area contributed by atoms with Crippen LogP contribution in [0.2, 0.25) is 0 Å². The summed E-state index contributed by atoms with van der Waals surface area (Å²) in [4.78, 5) is 41.4. The maximum absolute atomic E-state index is 13.2. The highest BCUT2D eigenvalue weighted by Gasteiger charge is 2.45. The first kappa shape index (κ1) is 22.6. The van der Waals surface area contributed by atoms with Gasteiger partial charge in [-0.3, -0.25) is 29.5 Å². The van der Waals surface area contributed by atoms with Crippen LogP contribution < -0.4 is 5.32 Å². The fraction of sp³-hybridized carbons (Fsp3) is 0.276. The van der Waals surface area contributed by atoms with Gasteiger partial charge < -0.3 is 4.74 Å². The normalized spacial score (nSPS) is 21.4. The largest absolute Gasteiger partial charge is 0.349 e. The number of imide groups is 1. The number of benzene rings is 3. The van der Waals surface area contributed by atoms with E-state index in [1.807, 2.05) is 12.1 Å². The molecule has 1 saturated heterocycles. The zero-order chi connectivity index (χ0) is 24.6. The molecular formula is C29H27N3O4. The van der Waals surface area contributed by atoms with Crippen molar-refractivity contribution in [2.45, 2.75) is 51.4 Å². The lowest BCUT2D eigenvalue weighted by atomic mass is 10.0. The second kappa shape index (κ2) is 9.33. The second-order valence-corrected chi connectivity index (χ2v) is 9.66. The minimum atomic E-state index is -0.737. The van der Waals surface area contributed by atoms with Gasteiger partial charge in [-0.25, -0.2) is 0 Å². The van der Waals surface area contributed by atoms with Crippen molar-refractivity contribution in [3.8, 4) is 0 Å². The van der Waals surface area contributed by atoms with Crippen LogP contribution in [0.4, 0.5) is 0 Å². The Morgan fingerprint density at radius 2 is 1.50 bits per heavy atom. The average Bonchev–Trinajstić information content (AvgIpc) is 3.42. The zero-order valence-electron chi connectivity index (χ0n) is 19.9. The molecule has 7 heteroatoms. The SMILES string of the molecule is O=C1CCC(N2C(=O)c3ccccc3C2OCc2ccc(CN3Cc4ccccc4C3)cc2)C(=O)N1. The van der Waals surface area contributed by atoms with Gasteiger partial charge in [0.2, 0.25) is 11.8 Å². The van der Waals surface area contributed by atoms with E-state index in [2.05, 4.69) is 58.7 Å². The van der Waals surface area contributed by atoms with Crippen LogP contribution >= 0.6 is 0 Å². The molecule has 3 aromatic carbocycles. The Bertz CT molecular complexity index is 1310. The smallest absolute Gasteiger partial charge is 0.257 e. The second-order valence-electron chi connectivity index (χ2n) is 9.66. The molecule has 3 aliphatic rings. The fourth-order valence-corrected chi connectivity index (χ4v) is 5.41. The maximum atomic E-state index is 13.2. The van der Waals surface area contributed by atoms with Gasteiger partial charge in [-0.2, -0.15) is 0 Å². The maximum Gasteiger partial charge on any atom is 0.257 e. The first-order valence-electron chi connectivity index (χ1n) is 12.3. The molecule has 2 unspecified atom stereocenters. The molecule has 6 rings (SSSR count). The Morgan fingerprint density at radius 3 is 2.22 bits per heavy atom. The lowest BCUT2D eigenvalue weighted by Crippen LogP contribution is -2.53. The highest BCUT2D eigenvalue weighted by Crippen LogP contribution is 2.38. The topological polar surface area (TPSA) is 79.0 Å². The molecule has 0 saturated carbocycles. The Kier molecular flexibility index (Phi) is 5.87. The molecule has 0 aliphatic carbocycles. The van der Waals surface area contributed by atoms with Crippen molar-refractivity contribution in [2.24, 2.45) is 0 Å². The molecule has 3 aromatic rings. The summed E-state index contributed by atoms with van der Waals surface area (Å²) < 4.78 is 6.27. The van der Waals surface area contributed by atoms with Gasteiger partial charge in [-0.1, -0.05) is 66.7 Å². The highest BCUT2D eigenvalue weighted by molar-refractivity contribution is 6.05. The van der Waals surface area contributed by atoms with Gasteiger partial charge >= 0.3 is 0 Å². The van der Waals surface area contributed by atoms with Gasteiger partial charge in [0.25, 0.3) is 5.91 Å². The van der Waals surface area contributed by atoms with Crippen LogP contribution in [0.3, 0.4) is 0 Å². The summed E-state index contributed by atoms with van der Waals surface area (Å²) >= 11 is 0. The van der Waals surface area contributed by atoms with E-state index in [1.54, 1.807) is 12.1 Å². The third-order valence-corrected chi connectivity index (χ3v) is 7.23. The Labute approximate surface area is 209 Å². The summed E-state index contributed by atoms with van der Waals surface area (Å²) in [6, 6.07) is 23.5. The summed E-state index contributed by atoms with van der Waals surface area (Å²) in [5.74, 6) is -1.00. The van der Waals surface area contributed by atoms with Crippen LogP contribution in [0.5, 0.6) is 0 Å². The predicted molar refractivity (Wildman–Crippen MR) is 132 cm³/mol. The number of piperidine rings is 1. The standard InChI is InChI=1S/C29H27N3O4/c33-26-14-13-25(27(34)30-26)32-28(35)23-7-3-4-8-24(23)29(32)36-18-20-11-9-19(10-12-20)15-31-16-21-5-1-2-6-22(21)17-31/h1-12,25,29H,13-18H2,(H,30,33,34). The van der Waals surface area contributed by atoms with Crippen molar-refractivity contribution in [1.82, 2.24) is 15.1 Å². The summed E-state index contributed by atoms with van der Waals surface area (Å²) in [6.45, 7) is 3.10. The molecule has 0 aromatic heterocycles. The van der Waals surface area contributed by atoms with Crippen molar-refractivity contribution in [1.29, 1.82) is 0 Å². The molecule has 0 radical (unpaired) electrons. The molecule has 3 amide bonds. The molecule has 182 valence electrons. The third kappa shape index (κ3) is 4.21. The van der Waals surface area contributed by atoms with E-state index in [0.29, 0.717) is 18.6 Å². The van der Waals surface area contributed by atoms with Gasteiger partial charge in [0.15, 0.2) is 6.23 Å². The molecule has 1 N–H and O–H groups in total. The number of nitrogens with one attached hydrogen (secondary N) is 1. The van der Waals surface area contributed by atoms with E-state index >= 15 is 0 Å². The van der Waals surface area contributed by atoms with Gasteiger partial charge in [-0.15, -0.1) is 0 Å². The number of hydrogen-bond acceptors (Lipinski definition) is 5. The molecule has 36 heavy (non-hydrogen) atoms. The first-order valence-corrected chi connectivity index (χ1v) is 12.3. The summed E-state index contributed by atoms with van der Waals surface area (Å²) in [7, 11) is 0. The monoisotopic (exact) mass is 481 g/mol. The van der Waals surface area contributed by atoms with Gasteiger partial charge in [0.05, 0.1) is 6.61 Å². The third-order valence-electron chi connectivity index (χ3n) is 7.23. The highest BCUT2D eigenvalue weighted by atomic mass is 16.5. The van der Waals surface area contributed by atoms with E-state index in [1.165, 1.54) is 21.6 Å². The van der Waals surface area contributed by atoms with Crippen LogP contribution in [0, 0.1) is 0 Å². The number of hydrogen-bond donors (Lipinski definition) is 1. The summed E-state index contributed by atoms with van der Waals surface area (Å²) in [5.41, 5.74) is 6.30. The van der Waals surface area contributed by atoms with Gasteiger partial charge in [0, 0.05) is 37.2 Å². The van der Waals surface area contributed by atoms with Crippen LogP contribution in [0.15, 0.2) is 72.8 Å². The van der Waals surface area contributed by atoms with Crippen molar-refractivity contribution in [3.63, 3.8) is 0 Å². The van der Waals surface area contributed by atoms with Crippen molar-refractivity contribution in [2.75, 3.05) is 0 Å². The number of carbonyl (C=O) groups is 3. The van der Waals surface area contributed by atoms with E-state index < -0.39 is 18.2 Å². The molecule has 0 spiro atoms. The minimum absolute atomic E-state index is 0.201. The van der Waals surface area contributed by atoms with Crippen LogP contribution in [0.1, 0.15) is 57.2 Å².